The number of allylic oxidation sites excluding steroid dienone is 15. The van der Waals surface area contributed by atoms with Crippen molar-refractivity contribution in [2.24, 2.45) is 0 Å². The van der Waals surface area contributed by atoms with Gasteiger partial charge in [-0.2, -0.15) is 0 Å². The van der Waals surface area contributed by atoms with Gasteiger partial charge in [-0.3, -0.25) is 4.79 Å². The highest BCUT2D eigenvalue weighted by Gasteiger charge is 2.18. The highest BCUT2D eigenvalue weighted by molar-refractivity contribution is 5.76. The first-order valence-corrected chi connectivity index (χ1v) is 33.0. The predicted octanol–water partition coefficient (Wildman–Crippen LogP) is 22.4. The zero-order chi connectivity index (χ0) is 54.1. The van der Waals surface area contributed by atoms with Crippen molar-refractivity contribution in [2.75, 3.05) is 6.61 Å². The minimum Gasteiger partial charge on any atom is -0.394 e. The highest BCUT2D eigenvalue weighted by atomic mass is 16.3. The first kappa shape index (κ1) is 72.3. The molecule has 2 unspecified atom stereocenters. The summed E-state index contributed by atoms with van der Waals surface area (Å²) in [5.41, 5.74) is 0. The summed E-state index contributed by atoms with van der Waals surface area (Å²) in [6, 6.07) is -0.648. The number of aliphatic hydroxyl groups excluding tert-OH is 2. The normalized spacial score (nSPS) is 13.4. The second kappa shape index (κ2) is 65.6. The van der Waals surface area contributed by atoms with Crippen LogP contribution in [0.15, 0.2) is 97.2 Å². The van der Waals surface area contributed by atoms with E-state index in [0.29, 0.717) is 6.42 Å². The zero-order valence-electron chi connectivity index (χ0n) is 50.1. The molecule has 0 saturated heterocycles. The largest absolute Gasteiger partial charge is 0.394 e. The van der Waals surface area contributed by atoms with Crippen LogP contribution in [0.2, 0.25) is 0 Å². The molecule has 0 saturated carbocycles. The van der Waals surface area contributed by atoms with Crippen LogP contribution >= 0.6 is 0 Å². The smallest absolute Gasteiger partial charge is 0.220 e. The number of hydrogen-bond acceptors (Lipinski definition) is 3. The predicted molar refractivity (Wildman–Crippen MR) is 336 cm³/mol. The number of aliphatic hydroxyl groups is 2. The SMILES string of the molecule is CC/C=C\C/C=C\C/C=C\C/C=C\C/C=C\C/C=C\CCCCCCCCCCCCCCC(=O)NC(CO)C(O)/C=C/CC/C=C/CCCCCCCCCCCCCCCCCCCCCCCCCCCC. The molecule has 4 nitrogen and oxygen atoms in total. The molecule has 0 heterocycles. The average Bonchev–Trinajstić information content (AvgIpc) is 3.41. The average molecular weight is 1040 g/mol. The maximum Gasteiger partial charge on any atom is 0.220 e. The summed E-state index contributed by atoms with van der Waals surface area (Å²) in [7, 11) is 0. The van der Waals surface area contributed by atoms with E-state index in [0.717, 1.165) is 70.6 Å². The van der Waals surface area contributed by atoms with Crippen molar-refractivity contribution < 1.29 is 15.0 Å². The van der Waals surface area contributed by atoms with Gasteiger partial charge in [0.15, 0.2) is 0 Å². The van der Waals surface area contributed by atoms with E-state index in [2.05, 4.69) is 104 Å². The van der Waals surface area contributed by atoms with Crippen molar-refractivity contribution in [3.63, 3.8) is 0 Å². The highest BCUT2D eigenvalue weighted by Crippen LogP contribution is 2.18. The molecule has 3 N–H and O–H groups in total. The Labute approximate surface area is 468 Å². The molecular formula is C71H127NO3. The van der Waals surface area contributed by atoms with Crippen molar-refractivity contribution in [3.05, 3.63) is 97.2 Å². The third-order valence-corrected chi connectivity index (χ3v) is 14.8. The summed E-state index contributed by atoms with van der Waals surface area (Å²) in [5, 5.41) is 23.2. The topological polar surface area (TPSA) is 69.6 Å². The number of hydrogen-bond donors (Lipinski definition) is 3. The maximum absolute atomic E-state index is 12.5. The van der Waals surface area contributed by atoms with E-state index in [1.165, 1.54) is 238 Å². The monoisotopic (exact) mass is 1040 g/mol. The van der Waals surface area contributed by atoms with Gasteiger partial charge in [-0.05, 0) is 83.5 Å². The number of amides is 1. The molecule has 434 valence electrons. The zero-order valence-corrected chi connectivity index (χ0v) is 50.1. The third kappa shape index (κ3) is 62.0. The van der Waals surface area contributed by atoms with Crippen LogP contribution in [-0.2, 0) is 4.79 Å². The molecule has 0 rings (SSSR count). The fourth-order valence-electron chi connectivity index (χ4n) is 9.85. The molecule has 0 aliphatic heterocycles. The van der Waals surface area contributed by atoms with Gasteiger partial charge in [0.05, 0.1) is 18.8 Å². The van der Waals surface area contributed by atoms with Crippen LogP contribution in [0.5, 0.6) is 0 Å². The molecule has 0 aromatic carbocycles. The van der Waals surface area contributed by atoms with Crippen LogP contribution in [-0.4, -0.2) is 34.9 Å². The van der Waals surface area contributed by atoms with Gasteiger partial charge in [0.25, 0.3) is 0 Å². The first-order chi connectivity index (χ1) is 37.2. The van der Waals surface area contributed by atoms with Crippen molar-refractivity contribution in [1.82, 2.24) is 5.32 Å². The summed E-state index contributed by atoms with van der Waals surface area (Å²) in [6.45, 7) is 4.21. The molecule has 0 radical (unpaired) electrons. The standard InChI is InChI=1S/C71H127NO3/c1-3-5-7-9-11-13-15-17-19-21-23-25-27-29-31-33-35-37-38-40-42-44-46-48-50-52-54-56-58-60-62-64-66-70(74)69(68-73)72-71(75)67-65-63-61-59-57-55-53-51-49-47-45-43-41-39-36-34-32-30-28-26-24-22-20-18-16-14-12-10-8-6-4-2/h6,8,12,14,18,20,24,26,30,32,36,39,56,58,64,66,69-70,73-74H,3-5,7,9-11,13,15-17,19,21-23,25,27-29,31,33-35,37-38,40-55,57,59-63,65,67-68H2,1-2H3,(H,72,75)/b8-6-,14-12-,20-18-,26-24-,32-30-,39-36-,58-56+,66-64+. The van der Waals surface area contributed by atoms with E-state index in [1.54, 1.807) is 6.08 Å². The van der Waals surface area contributed by atoms with Crippen molar-refractivity contribution in [3.8, 4) is 0 Å². The number of rotatable bonds is 60. The van der Waals surface area contributed by atoms with E-state index in [4.69, 9.17) is 0 Å². The minimum atomic E-state index is -0.871. The lowest BCUT2D eigenvalue weighted by molar-refractivity contribution is -0.123. The van der Waals surface area contributed by atoms with Crippen molar-refractivity contribution in [2.45, 2.75) is 341 Å². The Balaban J connectivity index is 3.52. The summed E-state index contributed by atoms with van der Waals surface area (Å²) >= 11 is 0. The quantitative estimate of drug-likeness (QED) is 0.0420. The lowest BCUT2D eigenvalue weighted by Crippen LogP contribution is -2.45. The fraction of sp³-hybridized carbons (Fsp3) is 0.761. The second-order valence-corrected chi connectivity index (χ2v) is 22.1. The van der Waals surface area contributed by atoms with E-state index in [9.17, 15) is 15.0 Å². The van der Waals surface area contributed by atoms with E-state index >= 15 is 0 Å². The molecule has 0 aromatic heterocycles. The van der Waals surface area contributed by atoms with Crippen LogP contribution in [0.25, 0.3) is 0 Å². The molecule has 1 amide bonds. The maximum atomic E-state index is 12.5. The Morgan fingerprint density at radius 3 is 0.933 bits per heavy atom. The Morgan fingerprint density at radius 1 is 0.333 bits per heavy atom. The molecule has 0 aliphatic carbocycles. The second-order valence-electron chi connectivity index (χ2n) is 22.1. The number of nitrogens with one attached hydrogen (secondary N) is 1. The van der Waals surface area contributed by atoms with Gasteiger partial charge in [-0.25, -0.2) is 0 Å². The molecule has 0 aromatic rings. The van der Waals surface area contributed by atoms with Crippen LogP contribution in [0.4, 0.5) is 0 Å². The van der Waals surface area contributed by atoms with Gasteiger partial charge in [-0.1, -0.05) is 336 Å². The summed E-state index contributed by atoms with van der Waals surface area (Å²) < 4.78 is 0. The molecular weight excluding hydrogens is 915 g/mol. The third-order valence-electron chi connectivity index (χ3n) is 14.8. The molecule has 2 atom stereocenters. The lowest BCUT2D eigenvalue weighted by Gasteiger charge is -2.19. The first-order valence-electron chi connectivity index (χ1n) is 33.0. The van der Waals surface area contributed by atoms with E-state index in [1.807, 2.05) is 6.08 Å². The van der Waals surface area contributed by atoms with Gasteiger partial charge in [-0.15, -0.1) is 0 Å². The van der Waals surface area contributed by atoms with Crippen molar-refractivity contribution in [1.29, 1.82) is 0 Å². The molecule has 0 bridgehead atoms. The molecule has 0 spiro atoms. The molecule has 4 heteroatoms. The van der Waals surface area contributed by atoms with Gasteiger partial charge >= 0.3 is 0 Å². The summed E-state index contributed by atoms with van der Waals surface area (Å²) in [6.07, 6.45) is 97.6. The van der Waals surface area contributed by atoms with Crippen LogP contribution in [0.1, 0.15) is 328 Å². The van der Waals surface area contributed by atoms with Crippen LogP contribution < -0.4 is 5.32 Å². The molecule has 75 heavy (non-hydrogen) atoms. The van der Waals surface area contributed by atoms with Crippen LogP contribution in [0.3, 0.4) is 0 Å². The summed E-state index contributed by atoms with van der Waals surface area (Å²) in [5.74, 6) is -0.0761. The number of unbranched alkanes of at least 4 members (excludes halogenated alkanes) is 39. The Hall–Kier alpha value is -2.69. The summed E-state index contributed by atoms with van der Waals surface area (Å²) in [4.78, 5) is 12.5. The Morgan fingerprint density at radius 2 is 0.600 bits per heavy atom. The van der Waals surface area contributed by atoms with E-state index < -0.39 is 12.1 Å². The van der Waals surface area contributed by atoms with Gasteiger partial charge in [0, 0.05) is 6.42 Å². The van der Waals surface area contributed by atoms with Gasteiger partial charge in [0.1, 0.15) is 0 Å². The van der Waals surface area contributed by atoms with Gasteiger partial charge in [0.2, 0.25) is 5.91 Å². The lowest BCUT2D eigenvalue weighted by atomic mass is 10.0. The molecule has 0 fully saturated rings. The fourth-order valence-corrected chi connectivity index (χ4v) is 9.85. The number of carbonyl (C=O) groups is 1. The van der Waals surface area contributed by atoms with Crippen molar-refractivity contribution >= 4 is 5.91 Å². The Kier molecular flexibility index (Phi) is 63.2. The van der Waals surface area contributed by atoms with E-state index in [-0.39, 0.29) is 12.5 Å². The van der Waals surface area contributed by atoms with Crippen LogP contribution in [0, 0.1) is 0 Å². The minimum absolute atomic E-state index is 0.0761. The van der Waals surface area contributed by atoms with Gasteiger partial charge < -0.3 is 15.5 Å². The number of carbonyl (C=O) groups excluding carboxylic acids is 1. The Bertz CT molecular complexity index is 1370. The molecule has 0 aliphatic rings.